The van der Waals surface area contributed by atoms with Crippen LogP contribution in [0.2, 0.25) is 0 Å². The topological polar surface area (TPSA) is 43.8 Å². The molecule has 0 saturated carbocycles. The highest BCUT2D eigenvalue weighted by atomic mass is 15.4. The maximum atomic E-state index is 4.74. The Hall–Kier alpha value is -1.88. The molecule has 1 aromatic rings. The second kappa shape index (κ2) is 5.25. The van der Waals surface area contributed by atoms with Crippen LogP contribution in [0.1, 0.15) is 18.9 Å². The van der Waals surface area contributed by atoms with E-state index >= 15 is 0 Å². The van der Waals surface area contributed by atoms with Crippen molar-refractivity contribution in [3.05, 3.63) is 30.5 Å². The SMILES string of the molecule is C=C1c2cccnc2N=C(N2CCN[C@@H](CC)C2)N1C. The summed E-state index contributed by atoms with van der Waals surface area (Å²) in [4.78, 5) is 13.5. The summed E-state index contributed by atoms with van der Waals surface area (Å²) in [6.07, 6.45) is 2.91. The smallest absolute Gasteiger partial charge is 0.207 e. The lowest BCUT2D eigenvalue weighted by molar-refractivity contribution is 0.269. The van der Waals surface area contributed by atoms with Gasteiger partial charge in [-0.3, -0.25) is 0 Å². The summed E-state index contributed by atoms with van der Waals surface area (Å²) in [5, 5.41) is 3.53. The molecule has 0 amide bonds. The molecule has 1 saturated heterocycles. The van der Waals surface area contributed by atoms with Crippen molar-refractivity contribution in [1.29, 1.82) is 0 Å². The van der Waals surface area contributed by atoms with Gasteiger partial charge in [0.2, 0.25) is 5.96 Å². The third-order valence-electron chi connectivity index (χ3n) is 4.04. The lowest BCUT2D eigenvalue weighted by atomic mass is 10.1. The van der Waals surface area contributed by atoms with E-state index < -0.39 is 0 Å². The average molecular weight is 271 g/mol. The number of nitrogens with zero attached hydrogens (tertiary/aromatic N) is 4. The van der Waals surface area contributed by atoms with Crippen molar-refractivity contribution >= 4 is 17.5 Å². The van der Waals surface area contributed by atoms with Crippen molar-refractivity contribution in [3.8, 4) is 0 Å². The fourth-order valence-electron chi connectivity index (χ4n) is 2.75. The highest BCUT2D eigenvalue weighted by molar-refractivity contribution is 5.95. The van der Waals surface area contributed by atoms with Crippen molar-refractivity contribution in [3.63, 3.8) is 0 Å². The van der Waals surface area contributed by atoms with Gasteiger partial charge in [-0.25, -0.2) is 4.98 Å². The molecule has 0 unspecified atom stereocenters. The van der Waals surface area contributed by atoms with Crippen molar-refractivity contribution < 1.29 is 0 Å². The van der Waals surface area contributed by atoms with Gasteiger partial charge < -0.3 is 15.1 Å². The van der Waals surface area contributed by atoms with Gasteiger partial charge in [-0.05, 0) is 18.6 Å². The van der Waals surface area contributed by atoms with E-state index in [0.29, 0.717) is 6.04 Å². The molecule has 1 N–H and O–H groups in total. The molecule has 3 heterocycles. The number of hydrogen-bond donors (Lipinski definition) is 1. The summed E-state index contributed by atoms with van der Waals surface area (Å²) in [6, 6.07) is 4.47. The molecule has 5 heteroatoms. The summed E-state index contributed by atoms with van der Waals surface area (Å²) >= 11 is 0. The zero-order chi connectivity index (χ0) is 14.1. The molecule has 0 spiro atoms. The summed E-state index contributed by atoms with van der Waals surface area (Å²) in [6.45, 7) is 9.34. The Balaban J connectivity index is 1.93. The molecule has 0 radical (unpaired) electrons. The fraction of sp³-hybridized carbons (Fsp3) is 0.467. The van der Waals surface area contributed by atoms with E-state index in [2.05, 4.69) is 33.6 Å². The average Bonchev–Trinajstić information content (AvgIpc) is 2.51. The molecule has 0 bridgehead atoms. The quantitative estimate of drug-likeness (QED) is 0.844. The van der Waals surface area contributed by atoms with Crippen LogP contribution in [0.25, 0.3) is 5.70 Å². The highest BCUT2D eigenvalue weighted by Gasteiger charge is 2.28. The molecular weight excluding hydrogens is 250 g/mol. The first-order valence-electron chi connectivity index (χ1n) is 7.15. The third kappa shape index (κ3) is 2.18. The Bertz CT molecular complexity index is 551. The number of aliphatic imine (C=N–C) groups is 1. The molecular formula is C15H21N5. The van der Waals surface area contributed by atoms with Gasteiger partial charge in [0, 0.05) is 50.2 Å². The zero-order valence-corrected chi connectivity index (χ0v) is 12.1. The van der Waals surface area contributed by atoms with E-state index in [0.717, 1.165) is 49.1 Å². The first-order valence-corrected chi connectivity index (χ1v) is 7.15. The molecule has 3 rings (SSSR count). The van der Waals surface area contributed by atoms with Gasteiger partial charge >= 0.3 is 0 Å². The molecule has 0 aliphatic carbocycles. The maximum absolute atomic E-state index is 4.74. The van der Waals surface area contributed by atoms with E-state index in [1.54, 1.807) is 6.20 Å². The van der Waals surface area contributed by atoms with Gasteiger partial charge in [0.1, 0.15) is 0 Å². The van der Waals surface area contributed by atoms with Crippen LogP contribution in [0.4, 0.5) is 5.82 Å². The minimum atomic E-state index is 0.526. The Kier molecular flexibility index (Phi) is 3.44. The largest absolute Gasteiger partial charge is 0.339 e. The lowest BCUT2D eigenvalue weighted by Gasteiger charge is -2.40. The van der Waals surface area contributed by atoms with Gasteiger partial charge in [-0.15, -0.1) is 0 Å². The molecule has 106 valence electrons. The number of nitrogens with one attached hydrogen (secondary N) is 1. The van der Waals surface area contributed by atoms with Crippen molar-refractivity contribution in [2.45, 2.75) is 19.4 Å². The van der Waals surface area contributed by atoms with Crippen LogP contribution in [-0.4, -0.2) is 53.5 Å². The Morgan fingerprint density at radius 2 is 2.35 bits per heavy atom. The van der Waals surface area contributed by atoms with E-state index in [1.807, 2.05) is 19.2 Å². The van der Waals surface area contributed by atoms with Crippen LogP contribution < -0.4 is 5.32 Å². The van der Waals surface area contributed by atoms with Gasteiger partial charge in [0.25, 0.3) is 0 Å². The van der Waals surface area contributed by atoms with E-state index in [9.17, 15) is 0 Å². The Morgan fingerprint density at radius 1 is 1.50 bits per heavy atom. The number of fused-ring (bicyclic) bond motifs is 1. The first kappa shape index (κ1) is 13.1. The van der Waals surface area contributed by atoms with Crippen molar-refractivity contribution in [1.82, 2.24) is 20.1 Å². The van der Waals surface area contributed by atoms with Crippen LogP contribution >= 0.6 is 0 Å². The number of aromatic nitrogens is 1. The minimum absolute atomic E-state index is 0.526. The number of rotatable bonds is 1. The van der Waals surface area contributed by atoms with E-state index in [1.165, 1.54) is 0 Å². The molecule has 20 heavy (non-hydrogen) atoms. The standard InChI is InChI=1S/C15H21N5/c1-4-12-10-20(9-8-16-12)15-18-14-13(6-5-7-17-14)11(2)19(15)3/h5-7,12,16H,2,4,8-10H2,1,3H3/t12-/m0/s1. The number of pyridine rings is 1. The predicted octanol–water partition coefficient (Wildman–Crippen LogP) is 1.67. The van der Waals surface area contributed by atoms with E-state index in [-0.39, 0.29) is 0 Å². The van der Waals surface area contributed by atoms with Gasteiger partial charge in [0.05, 0.1) is 0 Å². The van der Waals surface area contributed by atoms with E-state index in [4.69, 9.17) is 4.99 Å². The van der Waals surface area contributed by atoms with Crippen LogP contribution in [0, 0.1) is 0 Å². The molecule has 2 aliphatic heterocycles. The van der Waals surface area contributed by atoms with Gasteiger partial charge in [-0.2, -0.15) is 4.99 Å². The number of hydrogen-bond acceptors (Lipinski definition) is 5. The second-order valence-electron chi connectivity index (χ2n) is 5.30. The number of guanidine groups is 1. The minimum Gasteiger partial charge on any atom is -0.339 e. The summed E-state index contributed by atoms with van der Waals surface area (Å²) in [5.41, 5.74) is 1.98. The highest BCUT2D eigenvalue weighted by Crippen LogP contribution is 2.30. The van der Waals surface area contributed by atoms with Gasteiger partial charge in [0.15, 0.2) is 5.82 Å². The zero-order valence-electron chi connectivity index (χ0n) is 12.1. The first-order chi connectivity index (χ1) is 9.70. The molecule has 5 nitrogen and oxygen atoms in total. The summed E-state index contributed by atoms with van der Waals surface area (Å²) < 4.78 is 0. The summed E-state index contributed by atoms with van der Waals surface area (Å²) in [7, 11) is 2.03. The second-order valence-corrected chi connectivity index (χ2v) is 5.30. The number of piperazine rings is 1. The predicted molar refractivity (Wildman–Crippen MR) is 81.8 cm³/mol. The Morgan fingerprint density at radius 3 is 3.15 bits per heavy atom. The molecule has 1 fully saturated rings. The van der Waals surface area contributed by atoms with Crippen LogP contribution in [0.15, 0.2) is 29.9 Å². The van der Waals surface area contributed by atoms with Crippen LogP contribution in [0.3, 0.4) is 0 Å². The van der Waals surface area contributed by atoms with Crippen molar-refractivity contribution in [2.75, 3.05) is 26.7 Å². The molecule has 1 aromatic heterocycles. The maximum Gasteiger partial charge on any atom is 0.207 e. The molecule has 0 aromatic carbocycles. The fourth-order valence-corrected chi connectivity index (χ4v) is 2.75. The monoisotopic (exact) mass is 271 g/mol. The molecule has 1 atom stereocenters. The normalized spacial score (nSPS) is 22.6. The van der Waals surface area contributed by atoms with Crippen molar-refractivity contribution in [2.24, 2.45) is 4.99 Å². The lowest BCUT2D eigenvalue weighted by Crippen LogP contribution is -2.55. The van der Waals surface area contributed by atoms with Crippen LogP contribution in [0.5, 0.6) is 0 Å². The summed E-state index contributed by atoms with van der Waals surface area (Å²) in [5.74, 6) is 1.73. The van der Waals surface area contributed by atoms with Crippen LogP contribution in [-0.2, 0) is 0 Å². The third-order valence-corrected chi connectivity index (χ3v) is 4.04. The Labute approximate surface area is 120 Å². The van der Waals surface area contributed by atoms with Gasteiger partial charge in [-0.1, -0.05) is 13.5 Å². The molecule has 2 aliphatic rings.